The lowest BCUT2D eigenvalue weighted by Crippen LogP contribution is -2.37. The molecule has 2 aromatic carbocycles. The largest absolute Gasteiger partial charge is 0.449 e. The number of hydrogen-bond donors (Lipinski definition) is 1. The third kappa shape index (κ3) is 2.48. The minimum atomic E-state index is -0.153. The molecule has 4 heteroatoms. The summed E-state index contributed by atoms with van der Waals surface area (Å²) in [6, 6.07) is 15.0. The molecule has 0 saturated heterocycles. The number of anilines is 2. The van der Waals surface area contributed by atoms with Crippen molar-refractivity contribution in [2.75, 3.05) is 17.2 Å². The minimum Gasteiger partial charge on any atom is -0.449 e. The van der Waals surface area contributed by atoms with E-state index in [0.717, 1.165) is 5.56 Å². The van der Waals surface area contributed by atoms with Crippen LogP contribution in [-0.4, -0.2) is 12.5 Å². The number of nitrogen functional groups attached to an aromatic ring is 1. The fourth-order valence-corrected chi connectivity index (χ4v) is 2.34. The fraction of sp³-hybridized carbons (Fsp3) is 0.118. The van der Waals surface area contributed by atoms with Gasteiger partial charge >= 0.3 is 0 Å². The predicted octanol–water partition coefficient (Wildman–Crippen LogP) is 3.06. The Hall–Kier alpha value is -2.75. The van der Waals surface area contributed by atoms with Crippen LogP contribution in [0, 0.1) is 0 Å². The molecule has 0 radical (unpaired) electrons. The smallest absolute Gasteiger partial charge is 0.294 e. The normalized spacial score (nSPS) is 15.8. The first-order valence-corrected chi connectivity index (χ1v) is 6.85. The second kappa shape index (κ2) is 5.32. The molecule has 4 nitrogen and oxygen atoms in total. The van der Waals surface area contributed by atoms with Crippen LogP contribution in [0.15, 0.2) is 54.3 Å². The monoisotopic (exact) mass is 280 g/mol. The van der Waals surface area contributed by atoms with Gasteiger partial charge < -0.3 is 15.4 Å². The van der Waals surface area contributed by atoms with E-state index in [1.165, 1.54) is 0 Å². The van der Waals surface area contributed by atoms with E-state index in [2.05, 4.69) is 0 Å². The topological polar surface area (TPSA) is 55.6 Å². The van der Waals surface area contributed by atoms with Crippen LogP contribution in [0.4, 0.5) is 11.4 Å². The summed E-state index contributed by atoms with van der Waals surface area (Å²) < 4.78 is 5.75. The van der Waals surface area contributed by atoms with E-state index in [1.54, 1.807) is 29.2 Å². The van der Waals surface area contributed by atoms with Gasteiger partial charge in [0, 0.05) is 12.2 Å². The van der Waals surface area contributed by atoms with Gasteiger partial charge in [-0.3, -0.25) is 4.79 Å². The van der Waals surface area contributed by atoms with Gasteiger partial charge in [-0.25, -0.2) is 0 Å². The number of nitrogens with zero attached hydrogens (tertiary/aromatic N) is 1. The average Bonchev–Trinajstić information content (AvgIpc) is 2.50. The number of fused-ring (bicyclic) bond motifs is 1. The molecule has 0 fully saturated rings. The zero-order chi connectivity index (χ0) is 14.8. The Morgan fingerprint density at radius 2 is 1.95 bits per heavy atom. The van der Waals surface area contributed by atoms with Gasteiger partial charge in [0.05, 0.1) is 5.69 Å². The van der Waals surface area contributed by atoms with E-state index in [9.17, 15) is 4.79 Å². The Bertz CT molecular complexity index is 708. The standard InChI is InChI=1S/C17H16N2O2/c1-2-19-14-11-13(18)8-9-15(14)21-16(17(19)20)10-12-6-4-3-5-7-12/h3-11H,2,18H2,1H3/b16-10+. The maximum atomic E-state index is 12.5. The summed E-state index contributed by atoms with van der Waals surface area (Å²) in [5.74, 6) is 0.813. The highest BCUT2D eigenvalue weighted by molar-refractivity contribution is 6.10. The van der Waals surface area contributed by atoms with Gasteiger partial charge in [-0.15, -0.1) is 0 Å². The second-order valence-corrected chi connectivity index (χ2v) is 4.80. The van der Waals surface area contributed by atoms with Gasteiger partial charge in [0.2, 0.25) is 0 Å². The predicted molar refractivity (Wildman–Crippen MR) is 83.9 cm³/mol. The minimum absolute atomic E-state index is 0.153. The first kappa shape index (κ1) is 13.2. The van der Waals surface area contributed by atoms with Crippen LogP contribution in [0.1, 0.15) is 12.5 Å². The summed E-state index contributed by atoms with van der Waals surface area (Å²) in [7, 11) is 0. The molecule has 0 saturated carbocycles. The quantitative estimate of drug-likeness (QED) is 0.679. The molecule has 0 atom stereocenters. The lowest BCUT2D eigenvalue weighted by Gasteiger charge is -2.29. The molecule has 0 aliphatic carbocycles. The van der Waals surface area contributed by atoms with Gasteiger partial charge in [0.1, 0.15) is 0 Å². The van der Waals surface area contributed by atoms with E-state index in [-0.39, 0.29) is 5.91 Å². The van der Waals surface area contributed by atoms with Crippen molar-refractivity contribution in [3.63, 3.8) is 0 Å². The summed E-state index contributed by atoms with van der Waals surface area (Å²) in [6.07, 6.45) is 1.75. The molecule has 0 bridgehead atoms. The Labute approximate surface area is 123 Å². The molecule has 3 rings (SSSR count). The molecule has 2 N–H and O–H groups in total. The Morgan fingerprint density at radius 3 is 2.67 bits per heavy atom. The number of benzene rings is 2. The molecule has 0 aromatic heterocycles. The number of rotatable bonds is 2. The number of ether oxygens (including phenoxy) is 1. The van der Waals surface area contributed by atoms with Gasteiger partial charge in [0.15, 0.2) is 11.5 Å². The van der Waals surface area contributed by atoms with Crippen molar-refractivity contribution in [3.8, 4) is 5.75 Å². The van der Waals surface area contributed by atoms with Crippen LogP contribution in [0.2, 0.25) is 0 Å². The van der Waals surface area contributed by atoms with Crippen molar-refractivity contribution in [2.24, 2.45) is 0 Å². The van der Waals surface area contributed by atoms with Crippen molar-refractivity contribution in [1.29, 1.82) is 0 Å². The van der Waals surface area contributed by atoms with Crippen LogP contribution in [-0.2, 0) is 4.79 Å². The molecule has 0 unspecified atom stereocenters. The average molecular weight is 280 g/mol. The summed E-state index contributed by atoms with van der Waals surface area (Å²) >= 11 is 0. The maximum absolute atomic E-state index is 12.5. The number of likely N-dealkylation sites (N-methyl/N-ethyl adjacent to an activating group) is 1. The number of hydrogen-bond acceptors (Lipinski definition) is 3. The third-order valence-corrected chi connectivity index (χ3v) is 3.36. The van der Waals surface area contributed by atoms with Crippen molar-refractivity contribution in [2.45, 2.75) is 6.92 Å². The lowest BCUT2D eigenvalue weighted by atomic mass is 10.1. The van der Waals surface area contributed by atoms with Gasteiger partial charge in [-0.2, -0.15) is 0 Å². The Kier molecular flexibility index (Phi) is 3.36. The summed E-state index contributed by atoms with van der Waals surface area (Å²) in [4.78, 5) is 14.2. The zero-order valence-electron chi connectivity index (χ0n) is 11.7. The highest BCUT2D eigenvalue weighted by atomic mass is 16.5. The van der Waals surface area contributed by atoms with E-state index in [4.69, 9.17) is 10.5 Å². The van der Waals surface area contributed by atoms with E-state index in [1.807, 2.05) is 37.3 Å². The van der Waals surface area contributed by atoms with Crippen LogP contribution >= 0.6 is 0 Å². The van der Waals surface area contributed by atoms with Crippen molar-refractivity contribution >= 4 is 23.4 Å². The van der Waals surface area contributed by atoms with Crippen molar-refractivity contribution < 1.29 is 9.53 Å². The van der Waals surface area contributed by atoms with Gasteiger partial charge in [0.25, 0.3) is 5.91 Å². The molecule has 1 heterocycles. The van der Waals surface area contributed by atoms with Gasteiger partial charge in [-0.1, -0.05) is 30.3 Å². The summed E-state index contributed by atoms with van der Waals surface area (Å²) in [6.45, 7) is 2.49. The highest BCUT2D eigenvalue weighted by Crippen LogP contribution is 2.37. The number of carbonyl (C=O) groups excluding carboxylic acids is 1. The Balaban J connectivity index is 2.05. The number of nitrogens with two attached hydrogens (primary N) is 1. The van der Waals surface area contributed by atoms with Gasteiger partial charge in [-0.05, 0) is 36.8 Å². The fourth-order valence-electron chi connectivity index (χ4n) is 2.34. The second-order valence-electron chi connectivity index (χ2n) is 4.80. The molecular weight excluding hydrogens is 264 g/mol. The molecule has 106 valence electrons. The molecular formula is C17H16N2O2. The Morgan fingerprint density at radius 1 is 1.19 bits per heavy atom. The van der Waals surface area contributed by atoms with Crippen molar-refractivity contribution in [1.82, 2.24) is 0 Å². The summed E-state index contributed by atoms with van der Waals surface area (Å²) in [5, 5.41) is 0. The number of amides is 1. The molecule has 1 aliphatic heterocycles. The zero-order valence-corrected chi connectivity index (χ0v) is 11.7. The molecule has 0 spiro atoms. The van der Waals surface area contributed by atoms with Crippen LogP contribution in [0.5, 0.6) is 5.75 Å². The maximum Gasteiger partial charge on any atom is 0.294 e. The van der Waals surface area contributed by atoms with E-state index < -0.39 is 0 Å². The first-order valence-electron chi connectivity index (χ1n) is 6.85. The summed E-state index contributed by atoms with van der Waals surface area (Å²) in [5.41, 5.74) is 8.05. The number of carbonyl (C=O) groups is 1. The first-order chi connectivity index (χ1) is 10.2. The third-order valence-electron chi connectivity index (χ3n) is 3.36. The SMILES string of the molecule is CCN1C(=O)/C(=C\c2ccccc2)Oc2ccc(N)cc21. The van der Waals surface area contributed by atoms with Crippen molar-refractivity contribution in [3.05, 3.63) is 59.9 Å². The van der Waals surface area contributed by atoms with Crippen LogP contribution in [0.3, 0.4) is 0 Å². The molecule has 1 amide bonds. The molecule has 1 aliphatic rings. The molecule has 2 aromatic rings. The van der Waals surface area contributed by atoms with Crippen LogP contribution in [0.25, 0.3) is 6.08 Å². The highest BCUT2D eigenvalue weighted by Gasteiger charge is 2.29. The molecule has 21 heavy (non-hydrogen) atoms. The van der Waals surface area contributed by atoms with E-state index in [0.29, 0.717) is 29.4 Å². The van der Waals surface area contributed by atoms with E-state index >= 15 is 0 Å². The van der Waals surface area contributed by atoms with Crippen LogP contribution < -0.4 is 15.4 Å². The lowest BCUT2D eigenvalue weighted by molar-refractivity contribution is -0.117.